The second-order valence-corrected chi connectivity index (χ2v) is 9.60. The number of aromatic nitrogens is 3. The molecule has 8 nitrogen and oxygen atoms in total. The molecule has 0 spiro atoms. The fourth-order valence-corrected chi connectivity index (χ4v) is 4.96. The lowest BCUT2D eigenvalue weighted by molar-refractivity contribution is 0.0724. The molecule has 1 fully saturated rings. The maximum absolute atomic E-state index is 12.9. The third-order valence-corrected chi connectivity index (χ3v) is 7.17. The van der Waals surface area contributed by atoms with Crippen molar-refractivity contribution >= 4 is 17.5 Å². The number of aliphatic hydroxyl groups is 1. The van der Waals surface area contributed by atoms with Crippen molar-refractivity contribution in [1.82, 2.24) is 19.9 Å². The van der Waals surface area contributed by atoms with Crippen LogP contribution in [0.1, 0.15) is 54.2 Å². The summed E-state index contributed by atoms with van der Waals surface area (Å²) in [7, 11) is 1.58. The van der Waals surface area contributed by atoms with Gasteiger partial charge >= 0.3 is 0 Å². The minimum Gasteiger partial charge on any atom is -0.495 e. The summed E-state index contributed by atoms with van der Waals surface area (Å²) in [6.07, 6.45) is 8.57. The number of pyridine rings is 1. The van der Waals surface area contributed by atoms with Crippen LogP contribution in [0.4, 0.5) is 11.6 Å². The maximum atomic E-state index is 12.9. The number of methoxy groups -OCH3 is 1. The van der Waals surface area contributed by atoms with Crippen molar-refractivity contribution in [3.05, 3.63) is 59.5 Å². The van der Waals surface area contributed by atoms with Crippen LogP contribution in [0, 0.1) is 0 Å². The Morgan fingerprint density at radius 3 is 2.77 bits per heavy atom. The second kappa shape index (κ2) is 9.62. The molecule has 2 aliphatic rings. The average Bonchev–Trinajstić information content (AvgIpc) is 3.25. The molecule has 1 atom stereocenters. The minimum absolute atomic E-state index is 0.0341. The van der Waals surface area contributed by atoms with Crippen LogP contribution in [0.2, 0.25) is 0 Å². The zero-order chi connectivity index (χ0) is 24.4. The van der Waals surface area contributed by atoms with Gasteiger partial charge in [0.25, 0.3) is 5.91 Å². The van der Waals surface area contributed by atoms with Crippen LogP contribution < -0.4 is 10.1 Å². The third kappa shape index (κ3) is 4.58. The van der Waals surface area contributed by atoms with E-state index in [9.17, 15) is 9.90 Å². The van der Waals surface area contributed by atoms with Crippen LogP contribution in [0.15, 0.2) is 42.7 Å². The van der Waals surface area contributed by atoms with Gasteiger partial charge in [-0.25, -0.2) is 9.97 Å². The van der Waals surface area contributed by atoms with Gasteiger partial charge in [0, 0.05) is 47.7 Å². The highest BCUT2D eigenvalue weighted by molar-refractivity contribution is 5.95. The van der Waals surface area contributed by atoms with Gasteiger partial charge in [-0.1, -0.05) is 6.92 Å². The molecule has 0 saturated carbocycles. The van der Waals surface area contributed by atoms with Crippen LogP contribution in [-0.2, 0) is 11.8 Å². The number of aryl methyl sites for hydroxylation is 1. The molecule has 0 radical (unpaired) electrons. The number of nitrogens with zero attached hydrogens (tertiary/aromatic N) is 4. The number of carbonyl (C=O) groups excluding carboxylic acids is 1. The molecule has 2 aromatic heterocycles. The van der Waals surface area contributed by atoms with Gasteiger partial charge in [-0.3, -0.25) is 9.78 Å². The monoisotopic (exact) mass is 473 g/mol. The highest BCUT2D eigenvalue weighted by Gasteiger charge is 2.35. The largest absolute Gasteiger partial charge is 0.495 e. The highest BCUT2D eigenvalue weighted by atomic mass is 16.5. The lowest BCUT2D eigenvalue weighted by atomic mass is 9.85. The Kier molecular flexibility index (Phi) is 6.38. The number of likely N-dealkylation sites (tertiary alicyclic amines) is 1. The normalized spacial score (nSPS) is 19.3. The summed E-state index contributed by atoms with van der Waals surface area (Å²) in [6.45, 7) is 3.77. The Bertz CT molecular complexity index is 1240. The summed E-state index contributed by atoms with van der Waals surface area (Å²) in [5, 5.41) is 13.1. The summed E-state index contributed by atoms with van der Waals surface area (Å²) < 4.78 is 5.57. The van der Waals surface area contributed by atoms with E-state index in [1.807, 2.05) is 29.3 Å². The number of amides is 1. The molecule has 1 aromatic carbocycles. The predicted octanol–water partition coefficient (Wildman–Crippen LogP) is 4.11. The highest BCUT2D eigenvalue weighted by Crippen LogP contribution is 2.39. The fourth-order valence-electron chi connectivity index (χ4n) is 4.96. The second-order valence-electron chi connectivity index (χ2n) is 9.60. The number of benzene rings is 1. The molecule has 1 amide bonds. The van der Waals surface area contributed by atoms with E-state index in [4.69, 9.17) is 4.74 Å². The number of rotatable bonds is 6. The molecule has 3 aromatic rings. The Hall–Kier alpha value is -3.52. The molecular weight excluding hydrogens is 442 g/mol. The first kappa shape index (κ1) is 23.2. The van der Waals surface area contributed by atoms with E-state index in [2.05, 4.69) is 33.3 Å². The molecule has 3 heterocycles. The molecule has 1 aliphatic carbocycles. The summed E-state index contributed by atoms with van der Waals surface area (Å²) in [4.78, 5) is 28.5. The van der Waals surface area contributed by atoms with E-state index in [-0.39, 0.29) is 17.9 Å². The van der Waals surface area contributed by atoms with Gasteiger partial charge in [-0.05, 0) is 68.0 Å². The van der Waals surface area contributed by atoms with Crippen LogP contribution >= 0.6 is 0 Å². The zero-order valence-corrected chi connectivity index (χ0v) is 20.3. The molecule has 5 rings (SSSR count). The Morgan fingerprint density at radius 2 is 2.00 bits per heavy atom. The lowest BCUT2D eigenvalue weighted by Gasteiger charge is -2.27. The standard InChI is InChI=1S/C27H31N5O3/c1-27(17-33)10-8-22-20(27)14-19(16-29-22)21-9-11-28-26(30-21)31-23-7-6-18(15-24(23)35-2)25(34)32-12-4-3-5-13-32/h6-7,9,11,14-16,33H,3-5,8,10,12-13,17H2,1-2H3,(H,28,30,31). The van der Waals surface area contributed by atoms with Crippen molar-refractivity contribution in [1.29, 1.82) is 0 Å². The van der Waals surface area contributed by atoms with Crippen molar-refractivity contribution < 1.29 is 14.6 Å². The number of carbonyl (C=O) groups is 1. The zero-order valence-electron chi connectivity index (χ0n) is 20.3. The van der Waals surface area contributed by atoms with Crippen molar-refractivity contribution in [2.45, 2.75) is 44.4 Å². The Morgan fingerprint density at radius 1 is 1.17 bits per heavy atom. The third-order valence-electron chi connectivity index (χ3n) is 7.17. The first-order chi connectivity index (χ1) is 17.0. The smallest absolute Gasteiger partial charge is 0.253 e. The quantitative estimate of drug-likeness (QED) is 0.556. The van der Waals surface area contributed by atoms with Gasteiger partial charge in [0.1, 0.15) is 5.75 Å². The molecule has 35 heavy (non-hydrogen) atoms. The van der Waals surface area contributed by atoms with Gasteiger partial charge in [0.05, 0.1) is 25.1 Å². The Balaban J connectivity index is 1.38. The van der Waals surface area contributed by atoms with Gasteiger partial charge in [-0.15, -0.1) is 0 Å². The van der Waals surface area contributed by atoms with E-state index >= 15 is 0 Å². The van der Waals surface area contributed by atoms with Gasteiger partial charge in [0.2, 0.25) is 5.95 Å². The molecular formula is C27H31N5O3. The van der Waals surface area contributed by atoms with E-state index < -0.39 is 0 Å². The number of hydrogen-bond donors (Lipinski definition) is 2. The summed E-state index contributed by atoms with van der Waals surface area (Å²) >= 11 is 0. The number of anilines is 2. The molecule has 1 unspecified atom stereocenters. The molecule has 0 bridgehead atoms. The van der Waals surface area contributed by atoms with Gasteiger partial charge in [-0.2, -0.15) is 0 Å². The minimum atomic E-state index is -0.271. The summed E-state index contributed by atoms with van der Waals surface area (Å²) in [6, 6.07) is 9.33. The number of nitrogens with one attached hydrogen (secondary N) is 1. The number of piperidine rings is 1. The van der Waals surface area contributed by atoms with E-state index in [1.54, 1.807) is 19.4 Å². The van der Waals surface area contributed by atoms with Crippen molar-refractivity contribution in [2.75, 3.05) is 32.1 Å². The summed E-state index contributed by atoms with van der Waals surface area (Å²) in [5.74, 6) is 1.01. The van der Waals surface area contributed by atoms with Crippen LogP contribution in [0.3, 0.4) is 0 Å². The first-order valence-electron chi connectivity index (χ1n) is 12.2. The van der Waals surface area contributed by atoms with Crippen LogP contribution in [0.25, 0.3) is 11.3 Å². The number of aliphatic hydroxyl groups excluding tert-OH is 1. The van der Waals surface area contributed by atoms with Gasteiger partial charge < -0.3 is 20.1 Å². The Labute approximate surface area is 205 Å². The number of hydrogen-bond acceptors (Lipinski definition) is 7. The molecule has 182 valence electrons. The van der Waals surface area contributed by atoms with Crippen molar-refractivity contribution in [3.8, 4) is 17.0 Å². The molecule has 8 heteroatoms. The molecule has 1 aliphatic heterocycles. The number of fused-ring (bicyclic) bond motifs is 1. The SMILES string of the molecule is COc1cc(C(=O)N2CCCCC2)ccc1Nc1nccc(-c2cnc3c(c2)C(C)(CO)CC3)n1. The topological polar surface area (TPSA) is 100 Å². The maximum Gasteiger partial charge on any atom is 0.253 e. The summed E-state index contributed by atoms with van der Waals surface area (Å²) in [5.41, 5.74) is 4.77. The van der Waals surface area contributed by atoms with Crippen molar-refractivity contribution in [3.63, 3.8) is 0 Å². The molecule has 1 saturated heterocycles. The van der Waals surface area contributed by atoms with Crippen LogP contribution in [-0.4, -0.2) is 57.7 Å². The van der Waals surface area contributed by atoms with Crippen molar-refractivity contribution in [2.24, 2.45) is 0 Å². The fraction of sp³-hybridized carbons (Fsp3) is 0.407. The van der Waals surface area contributed by atoms with Crippen LogP contribution in [0.5, 0.6) is 5.75 Å². The van der Waals surface area contributed by atoms with E-state index in [0.29, 0.717) is 22.9 Å². The predicted molar refractivity (Wildman–Crippen MR) is 134 cm³/mol. The molecule has 2 N–H and O–H groups in total. The average molecular weight is 474 g/mol. The lowest BCUT2D eigenvalue weighted by Crippen LogP contribution is -2.35. The number of ether oxygens (including phenoxy) is 1. The van der Waals surface area contributed by atoms with E-state index in [0.717, 1.165) is 61.3 Å². The van der Waals surface area contributed by atoms with E-state index in [1.165, 1.54) is 6.42 Å². The van der Waals surface area contributed by atoms with Gasteiger partial charge in [0.15, 0.2) is 0 Å². The first-order valence-corrected chi connectivity index (χ1v) is 12.2.